The summed E-state index contributed by atoms with van der Waals surface area (Å²) in [5.41, 5.74) is 4.47. The van der Waals surface area contributed by atoms with E-state index in [1.165, 1.54) is 24.7 Å². The van der Waals surface area contributed by atoms with Gasteiger partial charge in [-0.15, -0.1) is 0 Å². The van der Waals surface area contributed by atoms with E-state index in [4.69, 9.17) is 29.0 Å². The maximum Gasteiger partial charge on any atom is 0.459 e. The van der Waals surface area contributed by atoms with E-state index in [0.717, 1.165) is 5.39 Å². The molecule has 3 heterocycles. The molecule has 1 unspecified atom stereocenters. The lowest BCUT2D eigenvalue weighted by Crippen LogP contribution is -2.44. The lowest BCUT2D eigenvalue weighted by molar-refractivity contribution is -0.149. The molecule has 6 atom stereocenters. The van der Waals surface area contributed by atoms with Crippen molar-refractivity contribution < 1.29 is 42.8 Å². The van der Waals surface area contributed by atoms with Gasteiger partial charge in [0.1, 0.15) is 29.6 Å². The van der Waals surface area contributed by atoms with Crippen molar-refractivity contribution >= 4 is 41.6 Å². The molecule has 15 nitrogen and oxygen atoms in total. The van der Waals surface area contributed by atoms with E-state index in [0.29, 0.717) is 12.0 Å². The average molecular weight is 645 g/mol. The Balaban J connectivity index is 1.41. The van der Waals surface area contributed by atoms with Crippen molar-refractivity contribution in [3.05, 3.63) is 48.8 Å². The third-order valence-electron chi connectivity index (χ3n) is 7.13. The summed E-state index contributed by atoms with van der Waals surface area (Å²) in [5.74, 6) is -0.374. The number of esters is 1. The van der Waals surface area contributed by atoms with Crippen LogP contribution in [0, 0.1) is 0 Å². The molecule has 0 amide bonds. The monoisotopic (exact) mass is 644 g/mol. The summed E-state index contributed by atoms with van der Waals surface area (Å²) in [6, 6.07) is 11.4. The van der Waals surface area contributed by atoms with Gasteiger partial charge in [-0.2, -0.15) is 15.1 Å². The fourth-order valence-electron chi connectivity index (χ4n) is 4.98. The highest BCUT2D eigenvalue weighted by molar-refractivity contribution is 7.52. The number of nitrogen functional groups attached to an aromatic ring is 1. The topological polar surface area (TPSA) is 202 Å². The number of rotatable bonds is 12. The molecule has 5 rings (SSSR count). The first kappa shape index (κ1) is 32.5. The number of benzene rings is 2. The van der Waals surface area contributed by atoms with Gasteiger partial charge in [-0.3, -0.25) is 13.9 Å². The molecule has 2 aromatic heterocycles. The zero-order valence-corrected chi connectivity index (χ0v) is 26.4. The van der Waals surface area contributed by atoms with E-state index in [1.54, 1.807) is 45.0 Å². The predicted molar refractivity (Wildman–Crippen MR) is 163 cm³/mol. The van der Waals surface area contributed by atoms with Crippen LogP contribution in [0.3, 0.4) is 0 Å². The lowest BCUT2D eigenvalue weighted by atomic mass is 9.96. The molecule has 4 aromatic rings. The number of hydrogen-bond acceptors (Lipinski definition) is 13. The van der Waals surface area contributed by atoms with Crippen LogP contribution in [0.5, 0.6) is 11.6 Å². The van der Waals surface area contributed by atoms with Crippen molar-refractivity contribution in [1.29, 1.82) is 0 Å². The third-order valence-corrected chi connectivity index (χ3v) is 8.76. The summed E-state index contributed by atoms with van der Waals surface area (Å²) in [4.78, 5) is 25.2. The van der Waals surface area contributed by atoms with Gasteiger partial charge >= 0.3 is 13.7 Å². The highest BCUT2D eigenvalue weighted by atomic mass is 31.2. The number of anilines is 1. The van der Waals surface area contributed by atoms with Crippen molar-refractivity contribution in [3.63, 3.8) is 0 Å². The Morgan fingerprint density at radius 1 is 1.20 bits per heavy atom. The van der Waals surface area contributed by atoms with Gasteiger partial charge in [0.15, 0.2) is 17.4 Å². The van der Waals surface area contributed by atoms with Gasteiger partial charge in [0.25, 0.3) is 0 Å². The van der Waals surface area contributed by atoms with Crippen LogP contribution in [0.25, 0.3) is 21.9 Å². The molecular formula is C29H37N6O9P. The smallest absolute Gasteiger partial charge is 0.459 e. The second-order valence-corrected chi connectivity index (χ2v) is 12.7. The molecule has 0 bridgehead atoms. The van der Waals surface area contributed by atoms with Gasteiger partial charge < -0.3 is 34.7 Å². The number of aliphatic hydroxyl groups is 2. The highest BCUT2D eigenvalue weighted by Gasteiger charge is 2.54. The summed E-state index contributed by atoms with van der Waals surface area (Å²) in [6.07, 6.45) is -3.01. The van der Waals surface area contributed by atoms with Crippen molar-refractivity contribution in [1.82, 2.24) is 24.6 Å². The van der Waals surface area contributed by atoms with E-state index in [9.17, 15) is 19.6 Å². The molecular weight excluding hydrogens is 607 g/mol. The third kappa shape index (κ3) is 6.73. The quantitative estimate of drug-likeness (QED) is 0.129. The molecule has 16 heteroatoms. The van der Waals surface area contributed by atoms with E-state index >= 15 is 0 Å². The molecule has 1 aliphatic heterocycles. The summed E-state index contributed by atoms with van der Waals surface area (Å²) < 4.78 is 44.2. The number of ether oxygens (including phenoxy) is 3. The molecule has 242 valence electrons. The van der Waals surface area contributed by atoms with Crippen LogP contribution in [0.2, 0.25) is 0 Å². The number of nitrogens with zero attached hydrogens (tertiary/aromatic N) is 4. The van der Waals surface area contributed by atoms with Crippen molar-refractivity contribution in [2.24, 2.45) is 0 Å². The summed E-state index contributed by atoms with van der Waals surface area (Å²) >= 11 is 0. The summed E-state index contributed by atoms with van der Waals surface area (Å²) in [6.45, 7) is 7.78. The minimum absolute atomic E-state index is 0.0894. The standard InChI is InChI=1S/C29H37N6O9P/c1-6-40-25-22-24(32-28(30)33-25)35(15-31-22)27-29(5,38)23(36)21(43-27)14-41-45(39,34-17(4)26(37)42-16(2)3)44-20-13-9-11-18-10-7-8-12-19(18)20/h7-13,15-17,21,23,27,36,38H,6,14H2,1-5H3,(H,34,39)(H2,30,32,33)/t17-,21+,23+,27+,29+,45?/m0/s1. The number of imidazole rings is 1. The molecule has 45 heavy (non-hydrogen) atoms. The summed E-state index contributed by atoms with van der Waals surface area (Å²) in [5, 5.41) is 26.7. The zero-order chi connectivity index (χ0) is 32.5. The number of nitrogens with one attached hydrogen (secondary N) is 1. The van der Waals surface area contributed by atoms with E-state index in [-0.39, 0.29) is 28.7 Å². The first-order valence-electron chi connectivity index (χ1n) is 14.4. The molecule has 5 N–H and O–H groups in total. The van der Waals surface area contributed by atoms with Crippen LogP contribution in [0.1, 0.15) is 40.8 Å². The van der Waals surface area contributed by atoms with Crippen molar-refractivity contribution in [2.75, 3.05) is 18.9 Å². The lowest BCUT2D eigenvalue weighted by Gasteiger charge is -2.27. The predicted octanol–water partition coefficient (Wildman–Crippen LogP) is 3.10. The molecule has 1 aliphatic rings. The molecule has 0 radical (unpaired) electrons. The Kier molecular flexibility index (Phi) is 9.31. The SMILES string of the molecule is CCOc1nc(N)nc2c1ncn2[C@@H]1O[C@H](COP(=O)(N[C@@H](C)C(=O)OC(C)C)Oc2cccc3ccccc23)[C@@H](O)[C@@]1(C)O. The van der Waals surface area contributed by atoms with Gasteiger partial charge in [0.2, 0.25) is 11.8 Å². The molecule has 0 spiro atoms. The number of carbonyl (C=O) groups excluding carboxylic acids is 1. The first-order valence-corrected chi connectivity index (χ1v) is 16.0. The van der Waals surface area contributed by atoms with E-state index in [1.807, 2.05) is 18.2 Å². The minimum atomic E-state index is -4.36. The molecule has 1 saturated heterocycles. The Morgan fingerprint density at radius 3 is 2.67 bits per heavy atom. The van der Waals surface area contributed by atoms with Crippen LogP contribution >= 0.6 is 7.75 Å². The Labute approximate surface area is 259 Å². The fraction of sp³-hybridized carbons (Fsp3) is 0.448. The van der Waals surface area contributed by atoms with Crippen molar-refractivity contribution in [3.8, 4) is 11.6 Å². The van der Waals surface area contributed by atoms with Crippen LogP contribution in [0.15, 0.2) is 48.8 Å². The number of fused-ring (bicyclic) bond motifs is 2. The van der Waals surface area contributed by atoms with Crippen molar-refractivity contribution in [2.45, 2.75) is 70.8 Å². The minimum Gasteiger partial charge on any atom is -0.476 e. The van der Waals surface area contributed by atoms with E-state index in [2.05, 4.69) is 20.0 Å². The van der Waals surface area contributed by atoms with Gasteiger partial charge in [-0.1, -0.05) is 36.4 Å². The number of carbonyl (C=O) groups is 1. The van der Waals surface area contributed by atoms with Gasteiger partial charge in [-0.25, -0.2) is 9.55 Å². The fourth-order valence-corrected chi connectivity index (χ4v) is 6.51. The highest BCUT2D eigenvalue weighted by Crippen LogP contribution is 2.48. The Morgan fingerprint density at radius 2 is 1.93 bits per heavy atom. The summed E-state index contributed by atoms with van der Waals surface area (Å²) in [7, 11) is -4.36. The van der Waals surface area contributed by atoms with E-state index < -0.39 is 56.5 Å². The maximum atomic E-state index is 14.3. The maximum absolute atomic E-state index is 14.3. The van der Waals surface area contributed by atoms with Crippen LogP contribution in [0.4, 0.5) is 5.95 Å². The van der Waals surface area contributed by atoms with Gasteiger partial charge in [0.05, 0.1) is 25.6 Å². The second kappa shape index (κ2) is 12.9. The van der Waals surface area contributed by atoms with Crippen LogP contribution in [-0.4, -0.2) is 78.9 Å². The number of hydrogen-bond donors (Lipinski definition) is 4. The average Bonchev–Trinajstić information content (AvgIpc) is 3.49. The Bertz CT molecular complexity index is 1730. The molecule has 0 saturated carbocycles. The molecule has 2 aromatic carbocycles. The second-order valence-electron chi connectivity index (χ2n) is 11.0. The number of aromatic nitrogens is 4. The molecule has 0 aliphatic carbocycles. The first-order chi connectivity index (χ1) is 21.3. The largest absolute Gasteiger partial charge is 0.476 e. The van der Waals surface area contributed by atoms with Crippen LogP contribution in [-0.2, 0) is 23.4 Å². The Hall–Kier alpha value is -3.85. The number of nitrogens with two attached hydrogens (primary N) is 1. The van der Waals surface area contributed by atoms with Gasteiger partial charge in [0, 0.05) is 5.39 Å². The van der Waals surface area contributed by atoms with Gasteiger partial charge in [-0.05, 0) is 46.1 Å². The normalized spacial score (nSPS) is 23.7. The molecule has 1 fully saturated rings. The zero-order valence-electron chi connectivity index (χ0n) is 25.5. The number of aliphatic hydroxyl groups excluding tert-OH is 1. The van der Waals surface area contributed by atoms with Crippen LogP contribution < -0.4 is 20.1 Å².